The lowest BCUT2D eigenvalue weighted by Crippen LogP contribution is -2.29. The van der Waals surface area contributed by atoms with Gasteiger partial charge in [0.2, 0.25) is 0 Å². The van der Waals surface area contributed by atoms with Gasteiger partial charge in [-0.2, -0.15) is 0 Å². The zero-order valence-corrected chi connectivity index (χ0v) is 23.1. The van der Waals surface area contributed by atoms with Crippen molar-refractivity contribution in [2.75, 3.05) is 11.5 Å². The Morgan fingerprint density at radius 3 is 2.00 bits per heavy atom. The molecule has 0 radical (unpaired) electrons. The number of ketones is 1. The lowest BCUT2D eigenvalue weighted by molar-refractivity contribution is -0.132. The Kier molecular flexibility index (Phi) is 8.05. The molecule has 1 aliphatic rings. The molecule has 198 valence electrons. The maximum Gasteiger partial charge on any atom is 0.300 e. The molecule has 0 aromatic heterocycles. The zero-order chi connectivity index (χ0) is 27.6. The summed E-state index contributed by atoms with van der Waals surface area (Å²) in [5.41, 5.74) is 5.09. The van der Waals surface area contributed by atoms with E-state index in [1.807, 2.05) is 62.4 Å². The minimum absolute atomic E-state index is 0.0851. The van der Waals surface area contributed by atoms with Crippen LogP contribution in [0.1, 0.15) is 86.7 Å². The van der Waals surface area contributed by atoms with Crippen molar-refractivity contribution in [1.29, 1.82) is 0 Å². The fourth-order valence-corrected chi connectivity index (χ4v) is 4.82. The Hall–Kier alpha value is -3.86. The number of aryl methyl sites for hydroxylation is 1. The molecule has 0 aliphatic carbocycles. The van der Waals surface area contributed by atoms with E-state index in [0.29, 0.717) is 29.7 Å². The third kappa shape index (κ3) is 5.24. The highest BCUT2D eigenvalue weighted by atomic mass is 16.5. The van der Waals surface area contributed by atoms with Gasteiger partial charge in [-0.1, -0.05) is 71.0 Å². The largest absolute Gasteiger partial charge is 0.507 e. The van der Waals surface area contributed by atoms with Crippen molar-refractivity contribution >= 4 is 23.1 Å². The topological polar surface area (TPSA) is 66.8 Å². The molecule has 1 heterocycles. The maximum absolute atomic E-state index is 13.5. The number of nitrogens with zero attached hydrogens (tertiary/aromatic N) is 1. The Balaban J connectivity index is 1.86. The molecule has 1 atom stereocenters. The standard InChI is InChI=1S/C33H37NO4/c1-7-18-38-28-17-14-26(19-22(28)6)31(35)29-30(25-10-8-23(9-11-25)20(2)3)34(33(37)32(29)36)27-15-12-24(13-16-27)21(4)5/h8-17,19-21,30,35H,7,18H2,1-6H3/b31-29-. The number of benzene rings is 3. The number of aliphatic hydroxyl groups is 1. The van der Waals surface area contributed by atoms with Gasteiger partial charge < -0.3 is 9.84 Å². The summed E-state index contributed by atoms with van der Waals surface area (Å²) in [6.45, 7) is 13.0. The van der Waals surface area contributed by atoms with Crippen LogP contribution in [0.5, 0.6) is 5.75 Å². The minimum atomic E-state index is -0.752. The van der Waals surface area contributed by atoms with Gasteiger partial charge in [-0.25, -0.2) is 0 Å². The highest BCUT2D eigenvalue weighted by Gasteiger charge is 2.47. The molecular formula is C33H37NO4. The molecule has 4 rings (SSSR count). The minimum Gasteiger partial charge on any atom is -0.507 e. The first-order valence-corrected chi connectivity index (χ1v) is 13.4. The van der Waals surface area contributed by atoms with Gasteiger partial charge >= 0.3 is 0 Å². The van der Waals surface area contributed by atoms with Crippen LogP contribution in [-0.2, 0) is 9.59 Å². The number of hydrogen-bond acceptors (Lipinski definition) is 4. The third-order valence-electron chi connectivity index (χ3n) is 7.11. The highest BCUT2D eigenvalue weighted by Crippen LogP contribution is 2.43. The first-order chi connectivity index (χ1) is 18.1. The fraction of sp³-hybridized carbons (Fsp3) is 0.333. The van der Waals surface area contributed by atoms with E-state index in [1.54, 1.807) is 18.2 Å². The number of amides is 1. The van der Waals surface area contributed by atoms with Crippen molar-refractivity contribution < 1.29 is 19.4 Å². The molecule has 3 aromatic rings. The molecule has 5 heteroatoms. The number of anilines is 1. The molecule has 1 aliphatic heterocycles. The number of hydrogen-bond donors (Lipinski definition) is 1. The fourth-order valence-electron chi connectivity index (χ4n) is 4.82. The van der Waals surface area contributed by atoms with Gasteiger partial charge in [0.15, 0.2) is 0 Å². The monoisotopic (exact) mass is 511 g/mol. The molecule has 0 saturated carbocycles. The van der Waals surface area contributed by atoms with Crippen LogP contribution in [0.15, 0.2) is 72.3 Å². The molecule has 1 unspecified atom stereocenters. The van der Waals surface area contributed by atoms with Gasteiger partial charge in [0, 0.05) is 11.3 Å². The zero-order valence-electron chi connectivity index (χ0n) is 23.1. The van der Waals surface area contributed by atoms with Crippen molar-refractivity contribution in [3.63, 3.8) is 0 Å². The Bertz CT molecular complexity index is 1350. The predicted octanol–water partition coefficient (Wildman–Crippen LogP) is 7.66. The molecule has 0 bridgehead atoms. The lowest BCUT2D eigenvalue weighted by atomic mass is 9.92. The Morgan fingerprint density at radius 2 is 1.47 bits per heavy atom. The quantitative estimate of drug-likeness (QED) is 0.192. The molecule has 38 heavy (non-hydrogen) atoms. The number of rotatable bonds is 8. The van der Waals surface area contributed by atoms with Gasteiger partial charge in [-0.15, -0.1) is 0 Å². The number of carbonyl (C=O) groups is 2. The lowest BCUT2D eigenvalue weighted by Gasteiger charge is -2.26. The highest BCUT2D eigenvalue weighted by molar-refractivity contribution is 6.51. The molecule has 3 aromatic carbocycles. The van der Waals surface area contributed by atoms with E-state index in [9.17, 15) is 14.7 Å². The molecule has 1 N–H and O–H groups in total. The van der Waals surface area contributed by atoms with Crippen LogP contribution in [0, 0.1) is 6.92 Å². The first-order valence-electron chi connectivity index (χ1n) is 13.4. The van der Waals surface area contributed by atoms with Gasteiger partial charge in [0.1, 0.15) is 11.5 Å². The third-order valence-corrected chi connectivity index (χ3v) is 7.11. The Labute approximate surface area is 225 Å². The maximum atomic E-state index is 13.5. The van der Waals surface area contributed by atoms with Crippen molar-refractivity contribution in [3.05, 3.63) is 100 Å². The Morgan fingerprint density at radius 1 is 0.895 bits per heavy atom. The van der Waals surface area contributed by atoms with Crippen LogP contribution in [0.25, 0.3) is 5.76 Å². The van der Waals surface area contributed by atoms with Crippen LogP contribution in [0.2, 0.25) is 0 Å². The summed E-state index contributed by atoms with van der Waals surface area (Å²) in [7, 11) is 0. The summed E-state index contributed by atoms with van der Waals surface area (Å²) in [5, 5.41) is 11.5. The van der Waals surface area contributed by atoms with E-state index in [2.05, 4.69) is 27.7 Å². The van der Waals surface area contributed by atoms with Gasteiger partial charge in [-0.05, 0) is 77.8 Å². The van der Waals surface area contributed by atoms with E-state index < -0.39 is 17.7 Å². The van der Waals surface area contributed by atoms with Crippen LogP contribution < -0.4 is 9.64 Å². The number of Topliss-reactive ketones (excluding diaryl/α,β-unsaturated/α-hetero) is 1. The number of carbonyl (C=O) groups excluding carboxylic acids is 2. The molecule has 1 amide bonds. The van der Waals surface area contributed by atoms with Crippen molar-refractivity contribution in [2.45, 2.75) is 65.8 Å². The van der Waals surface area contributed by atoms with Crippen molar-refractivity contribution in [1.82, 2.24) is 0 Å². The van der Waals surface area contributed by atoms with Crippen molar-refractivity contribution in [2.24, 2.45) is 0 Å². The second-order valence-electron chi connectivity index (χ2n) is 10.6. The van der Waals surface area contributed by atoms with E-state index >= 15 is 0 Å². The molecular weight excluding hydrogens is 474 g/mol. The second kappa shape index (κ2) is 11.3. The summed E-state index contributed by atoms with van der Waals surface area (Å²) < 4.78 is 5.78. The van der Waals surface area contributed by atoms with Crippen LogP contribution in [0.4, 0.5) is 5.69 Å². The summed E-state index contributed by atoms with van der Waals surface area (Å²) in [5.74, 6) is -0.122. The second-order valence-corrected chi connectivity index (χ2v) is 10.6. The molecule has 1 fully saturated rings. The summed E-state index contributed by atoms with van der Waals surface area (Å²) in [4.78, 5) is 28.5. The normalized spacial score (nSPS) is 17.1. The average Bonchev–Trinajstić information content (AvgIpc) is 3.17. The van der Waals surface area contributed by atoms with Gasteiger partial charge in [0.05, 0.1) is 18.2 Å². The predicted molar refractivity (Wildman–Crippen MR) is 153 cm³/mol. The summed E-state index contributed by atoms with van der Waals surface area (Å²) >= 11 is 0. The summed E-state index contributed by atoms with van der Waals surface area (Å²) in [6.07, 6.45) is 0.887. The molecule has 0 spiro atoms. The van der Waals surface area contributed by atoms with Gasteiger partial charge in [0.25, 0.3) is 11.7 Å². The molecule has 5 nitrogen and oxygen atoms in total. The van der Waals surface area contributed by atoms with E-state index in [-0.39, 0.29) is 11.3 Å². The summed E-state index contributed by atoms with van der Waals surface area (Å²) in [6, 6.07) is 20.2. The van der Waals surface area contributed by atoms with Crippen LogP contribution in [0.3, 0.4) is 0 Å². The van der Waals surface area contributed by atoms with Crippen LogP contribution >= 0.6 is 0 Å². The SMILES string of the molecule is CCCOc1ccc(/C(O)=C2/C(=O)C(=O)N(c3ccc(C(C)C)cc3)C2c2ccc(C(C)C)cc2)cc1C. The van der Waals surface area contributed by atoms with E-state index in [1.165, 1.54) is 4.90 Å². The number of ether oxygens (including phenoxy) is 1. The molecule has 1 saturated heterocycles. The first kappa shape index (κ1) is 27.2. The van der Waals surface area contributed by atoms with E-state index in [4.69, 9.17) is 4.74 Å². The van der Waals surface area contributed by atoms with Crippen LogP contribution in [-0.4, -0.2) is 23.4 Å². The van der Waals surface area contributed by atoms with Gasteiger partial charge in [-0.3, -0.25) is 14.5 Å². The average molecular weight is 512 g/mol. The number of aliphatic hydroxyl groups excluding tert-OH is 1. The smallest absolute Gasteiger partial charge is 0.300 e. The van der Waals surface area contributed by atoms with Crippen molar-refractivity contribution in [3.8, 4) is 5.75 Å². The van der Waals surface area contributed by atoms with E-state index in [0.717, 1.165) is 34.4 Å².